The van der Waals surface area contributed by atoms with Crippen molar-refractivity contribution in [2.45, 2.75) is 48.7 Å². The summed E-state index contributed by atoms with van der Waals surface area (Å²) >= 11 is 5.62. The van der Waals surface area contributed by atoms with E-state index in [0.29, 0.717) is 5.92 Å². The van der Waals surface area contributed by atoms with E-state index in [4.69, 9.17) is 0 Å². The molecule has 3 atom stereocenters. The Morgan fingerprint density at radius 3 is 2.33 bits per heavy atom. The van der Waals surface area contributed by atoms with E-state index in [0.717, 1.165) is 20.5 Å². The average molecular weight is 327 g/mol. The van der Waals surface area contributed by atoms with Crippen LogP contribution in [0.4, 0.5) is 0 Å². The molecule has 3 heteroatoms. The SMILES string of the molecule is OC(c1ccc(Br)cc1)C1CC2CCCC(C1)S2. The third kappa shape index (κ3) is 2.78. The van der Waals surface area contributed by atoms with Crippen molar-refractivity contribution in [3.8, 4) is 0 Å². The number of benzene rings is 1. The molecule has 1 N–H and O–H groups in total. The predicted molar refractivity (Wildman–Crippen MR) is 80.8 cm³/mol. The van der Waals surface area contributed by atoms with Crippen LogP contribution in [0, 0.1) is 5.92 Å². The molecule has 98 valence electrons. The normalized spacial score (nSPS) is 33.1. The van der Waals surface area contributed by atoms with Gasteiger partial charge in [0, 0.05) is 15.0 Å². The van der Waals surface area contributed by atoms with Crippen LogP contribution in [0.25, 0.3) is 0 Å². The van der Waals surface area contributed by atoms with E-state index < -0.39 is 0 Å². The van der Waals surface area contributed by atoms with Crippen molar-refractivity contribution in [1.29, 1.82) is 0 Å². The van der Waals surface area contributed by atoms with Gasteiger partial charge >= 0.3 is 0 Å². The molecule has 0 aliphatic carbocycles. The molecule has 2 bridgehead atoms. The Morgan fingerprint density at radius 2 is 1.72 bits per heavy atom. The van der Waals surface area contributed by atoms with Crippen molar-refractivity contribution in [2.24, 2.45) is 5.92 Å². The van der Waals surface area contributed by atoms with Crippen LogP contribution in [0.1, 0.15) is 43.8 Å². The third-order valence-corrected chi connectivity index (χ3v) is 6.38. The largest absolute Gasteiger partial charge is 0.388 e. The molecule has 0 radical (unpaired) electrons. The number of thioether (sulfide) groups is 1. The van der Waals surface area contributed by atoms with Crippen molar-refractivity contribution >= 4 is 27.7 Å². The summed E-state index contributed by atoms with van der Waals surface area (Å²) in [5.74, 6) is 0.461. The van der Waals surface area contributed by atoms with E-state index in [1.807, 2.05) is 24.3 Å². The number of aliphatic hydroxyl groups excluding tert-OH is 1. The summed E-state index contributed by atoms with van der Waals surface area (Å²) in [5.41, 5.74) is 1.08. The van der Waals surface area contributed by atoms with Gasteiger partial charge in [0.2, 0.25) is 0 Å². The third-order valence-electron chi connectivity index (χ3n) is 4.23. The fourth-order valence-corrected chi connectivity index (χ4v) is 5.42. The molecule has 2 saturated heterocycles. The minimum atomic E-state index is -0.276. The van der Waals surface area contributed by atoms with E-state index in [-0.39, 0.29) is 6.10 Å². The second kappa shape index (κ2) is 5.56. The van der Waals surface area contributed by atoms with Gasteiger partial charge in [0.25, 0.3) is 0 Å². The second-order valence-corrected chi connectivity index (χ2v) is 8.06. The molecule has 0 amide bonds. The molecule has 1 aromatic rings. The topological polar surface area (TPSA) is 20.2 Å². The first kappa shape index (κ1) is 13.0. The molecule has 0 saturated carbocycles. The van der Waals surface area contributed by atoms with E-state index in [1.54, 1.807) is 0 Å². The maximum atomic E-state index is 10.6. The predicted octanol–water partition coefficient (Wildman–Crippen LogP) is 4.55. The summed E-state index contributed by atoms with van der Waals surface area (Å²) in [5, 5.41) is 12.2. The van der Waals surface area contributed by atoms with E-state index in [9.17, 15) is 5.11 Å². The lowest BCUT2D eigenvalue weighted by atomic mass is 9.83. The highest BCUT2D eigenvalue weighted by molar-refractivity contribution is 9.10. The molecule has 2 aliphatic heterocycles. The van der Waals surface area contributed by atoms with Gasteiger partial charge in [-0.05, 0) is 49.3 Å². The summed E-state index contributed by atoms with van der Waals surface area (Å²) in [4.78, 5) is 0. The Bertz CT molecular complexity index is 393. The Morgan fingerprint density at radius 1 is 1.11 bits per heavy atom. The van der Waals surface area contributed by atoms with Crippen molar-refractivity contribution < 1.29 is 5.11 Å². The Hall–Kier alpha value is 0.01000. The monoisotopic (exact) mass is 326 g/mol. The van der Waals surface area contributed by atoms with Crippen LogP contribution < -0.4 is 0 Å². The fourth-order valence-electron chi connectivity index (χ4n) is 3.29. The number of halogens is 1. The first-order valence-corrected chi connectivity index (χ1v) is 8.55. The van der Waals surface area contributed by atoms with Crippen LogP contribution in [0.2, 0.25) is 0 Å². The molecule has 2 aliphatic rings. The summed E-state index contributed by atoms with van der Waals surface area (Å²) in [6.45, 7) is 0. The maximum Gasteiger partial charge on any atom is 0.0819 e. The van der Waals surface area contributed by atoms with E-state index in [2.05, 4.69) is 27.7 Å². The highest BCUT2D eigenvalue weighted by Crippen LogP contribution is 2.47. The molecular formula is C15H19BrOS. The lowest BCUT2D eigenvalue weighted by molar-refractivity contribution is 0.0901. The van der Waals surface area contributed by atoms with E-state index in [1.165, 1.54) is 32.1 Å². The molecule has 2 fully saturated rings. The quantitative estimate of drug-likeness (QED) is 0.860. The Balaban J connectivity index is 1.72. The van der Waals surface area contributed by atoms with Crippen LogP contribution in [0.3, 0.4) is 0 Å². The van der Waals surface area contributed by atoms with Crippen LogP contribution in [-0.2, 0) is 0 Å². The molecule has 3 unspecified atom stereocenters. The van der Waals surface area contributed by atoms with Crippen molar-refractivity contribution in [3.05, 3.63) is 34.3 Å². The Kier molecular flexibility index (Phi) is 4.02. The number of rotatable bonds is 2. The van der Waals surface area contributed by atoms with Crippen molar-refractivity contribution in [1.82, 2.24) is 0 Å². The zero-order valence-corrected chi connectivity index (χ0v) is 12.8. The first-order valence-electron chi connectivity index (χ1n) is 6.81. The van der Waals surface area contributed by atoms with Gasteiger partial charge in [-0.1, -0.05) is 34.5 Å². The summed E-state index contributed by atoms with van der Waals surface area (Å²) < 4.78 is 1.08. The van der Waals surface area contributed by atoms with E-state index >= 15 is 0 Å². The second-order valence-electron chi connectivity index (χ2n) is 5.54. The molecule has 0 spiro atoms. The highest BCUT2D eigenvalue weighted by Gasteiger charge is 2.35. The van der Waals surface area contributed by atoms with Crippen molar-refractivity contribution in [2.75, 3.05) is 0 Å². The lowest BCUT2D eigenvalue weighted by Crippen LogP contribution is -2.31. The number of fused-ring (bicyclic) bond motifs is 2. The summed E-state index contributed by atoms with van der Waals surface area (Å²) in [6, 6.07) is 8.15. The minimum absolute atomic E-state index is 0.276. The van der Waals surface area contributed by atoms with Crippen molar-refractivity contribution in [3.63, 3.8) is 0 Å². The van der Waals surface area contributed by atoms with Gasteiger partial charge in [0.1, 0.15) is 0 Å². The minimum Gasteiger partial charge on any atom is -0.388 e. The molecule has 1 aromatic carbocycles. The average Bonchev–Trinajstić information content (AvgIpc) is 2.38. The molecule has 3 rings (SSSR count). The van der Waals surface area contributed by atoms with Gasteiger partial charge < -0.3 is 5.11 Å². The van der Waals surface area contributed by atoms with Gasteiger partial charge in [0.15, 0.2) is 0 Å². The molecular weight excluding hydrogens is 308 g/mol. The zero-order valence-electron chi connectivity index (χ0n) is 10.4. The summed E-state index contributed by atoms with van der Waals surface area (Å²) in [6.07, 6.45) is 6.21. The number of aliphatic hydroxyl groups is 1. The smallest absolute Gasteiger partial charge is 0.0819 e. The molecule has 1 nitrogen and oxygen atoms in total. The summed E-state index contributed by atoms with van der Waals surface area (Å²) in [7, 11) is 0. The number of hydrogen-bond donors (Lipinski definition) is 1. The van der Waals surface area contributed by atoms with Crippen LogP contribution >= 0.6 is 27.7 Å². The van der Waals surface area contributed by atoms with Gasteiger partial charge in [-0.3, -0.25) is 0 Å². The number of hydrogen-bond acceptors (Lipinski definition) is 2. The van der Waals surface area contributed by atoms with Gasteiger partial charge in [-0.25, -0.2) is 0 Å². The van der Waals surface area contributed by atoms with Crippen LogP contribution in [0.5, 0.6) is 0 Å². The maximum absolute atomic E-state index is 10.6. The van der Waals surface area contributed by atoms with Crippen LogP contribution in [0.15, 0.2) is 28.7 Å². The van der Waals surface area contributed by atoms with Crippen LogP contribution in [-0.4, -0.2) is 15.6 Å². The Labute approximate surface area is 121 Å². The standard InChI is InChI=1S/C15H19BrOS/c16-12-6-4-10(5-7-12)15(17)11-8-13-2-1-3-14(9-11)18-13/h4-7,11,13-15,17H,1-3,8-9H2. The fraction of sp³-hybridized carbons (Fsp3) is 0.600. The zero-order chi connectivity index (χ0) is 12.5. The van der Waals surface area contributed by atoms with Gasteiger partial charge in [-0.2, -0.15) is 11.8 Å². The van der Waals surface area contributed by atoms with Gasteiger partial charge in [0.05, 0.1) is 6.10 Å². The first-order chi connectivity index (χ1) is 8.72. The van der Waals surface area contributed by atoms with Gasteiger partial charge in [-0.15, -0.1) is 0 Å². The molecule has 18 heavy (non-hydrogen) atoms. The highest BCUT2D eigenvalue weighted by atomic mass is 79.9. The molecule has 2 heterocycles. The lowest BCUT2D eigenvalue weighted by Gasteiger charge is -2.40. The molecule has 0 aromatic heterocycles.